The quantitative estimate of drug-likeness (QED) is 0.257. The molecule has 0 saturated heterocycles. The van der Waals surface area contributed by atoms with Crippen LogP contribution in [0.4, 0.5) is 0 Å². The van der Waals surface area contributed by atoms with Crippen LogP contribution >= 0.6 is 34.8 Å². The second-order valence-corrected chi connectivity index (χ2v) is 12.4. The SMILES string of the molecule is CC(C)NC(=NC[C@H](NC(=O)c1c(Cl)cc2c(c1Cl)CCN(C(=O)c1cccc(Cl)c1)C2)C(=O)O)NS(C)(=O)=O. The summed E-state index contributed by atoms with van der Waals surface area (Å²) in [5.41, 5.74) is 1.60. The minimum Gasteiger partial charge on any atom is -0.480 e. The molecule has 1 aliphatic heterocycles. The number of aliphatic imine (C=N–C) groups is 1. The van der Waals surface area contributed by atoms with Crippen LogP contribution < -0.4 is 15.4 Å². The summed E-state index contributed by atoms with van der Waals surface area (Å²) < 4.78 is 25.4. The summed E-state index contributed by atoms with van der Waals surface area (Å²) in [6, 6.07) is 6.40. The lowest BCUT2D eigenvalue weighted by atomic mass is 9.96. The van der Waals surface area contributed by atoms with E-state index in [1.54, 1.807) is 43.0 Å². The lowest BCUT2D eigenvalue weighted by Gasteiger charge is -2.30. The molecule has 0 aliphatic carbocycles. The molecule has 1 aliphatic rings. The molecule has 2 amide bonds. The van der Waals surface area contributed by atoms with E-state index in [0.717, 1.165) is 6.26 Å². The number of carboxylic acids is 1. The second kappa shape index (κ2) is 13.1. The number of rotatable bonds is 8. The fourth-order valence-electron chi connectivity index (χ4n) is 3.99. The van der Waals surface area contributed by atoms with Crippen molar-refractivity contribution >= 4 is 68.6 Å². The number of aliphatic carboxylic acids is 1. The third-order valence-corrected chi connectivity index (χ3v) is 7.25. The molecule has 2 aromatic rings. The zero-order chi connectivity index (χ0) is 29.8. The van der Waals surface area contributed by atoms with Crippen LogP contribution in [-0.4, -0.2) is 73.6 Å². The molecule has 11 nitrogen and oxygen atoms in total. The molecule has 0 bridgehead atoms. The Morgan fingerprint density at radius 3 is 2.42 bits per heavy atom. The summed E-state index contributed by atoms with van der Waals surface area (Å²) in [6.07, 6.45) is 1.26. The zero-order valence-corrected chi connectivity index (χ0v) is 24.9. The Balaban J connectivity index is 1.81. The molecule has 0 unspecified atom stereocenters. The largest absolute Gasteiger partial charge is 0.480 e. The van der Waals surface area contributed by atoms with Gasteiger partial charge in [0.2, 0.25) is 16.0 Å². The Bertz CT molecular complexity index is 1470. The fourth-order valence-corrected chi connectivity index (χ4v) is 5.42. The third-order valence-electron chi connectivity index (χ3n) is 5.73. The number of benzene rings is 2. The smallest absolute Gasteiger partial charge is 0.328 e. The van der Waals surface area contributed by atoms with Crippen molar-refractivity contribution in [2.75, 3.05) is 19.3 Å². The number of carboxylic acid groups (broad SMARTS) is 1. The van der Waals surface area contributed by atoms with Crippen LogP contribution in [0.25, 0.3) is 0 Å². The van der Waals surface area contributed by atoms with Gasteiger partial charge in [0.15, 0.2) is 0 Å². The van der Waals surface area contributed by atoms with E-state index in [-0.39, 0.29) is 40.1 Å². The number of carbonyl (C=O) groups excluding carboxylic acids is 2. The van der Waals surface area contributed by atoms with Crippen LogP contribution in [0.1, 0.15) is 45.7 Å². The summed E-state index contributed by atoms with van der Waals surface area (Å²) in [5.74, 6) is -2.63. The molecule has 3 rings (SSSR count). The Labute approximate surface area is 246 Å². The number of carbonyl (C=O) groups is 3. The van der Waals surface area contributed by atoms with Gasteiger partial charge in [-0.1, -0.05) is 40.9 Å². The molecule has 0 aromatic heterocycles. The van der Waals surface area contributed by atoms with Crippen molar-refractivity contribution in [2.45, 2.75) is 38.9 Å². The van der Waals surface area contributed by atoms with Crippen LogP contribution in [0.2, 0.25) is 15.1 Å². The number of nitrogens with one attached hydrogen (secondary N) is 3. The zero-order valence-electron chi connectivity index (χ0n) is 21.8. The molecule has 216 valence electrons. The topological polar surface area (TPSA) is 157 Å². The molecular weight excluding hydrogens is 605 g/mol. The van der Waals surface area contributed by atoms with Crippen LogP contribution in [0.15, 0.2) is 35.3 Å². The van der Waals surface area contributed by atoms with Crippen molar-refractivity contribution in [3.63, 3.8) is 0 Å². The highest BCUT2D eigenvalue weighted by atomic mass is 35.5. The minimum atomic E-state index is -3.69. The standard InChI is InChI=1S/C25H28Cl3N5O6S/c1-13(2)30-25(32-40(3,38)39)29-11-19(24(36)37)31-22(34)20-18(27)10-15-12-33(8-7-17(15)21(20)28)23(35)14-5-4-6-16(26)9-14/h4-6,9-10,13,19H,7-8,11-12H2,1-3H3,(H,31,34)(H,36,37)(H2,29,30,32)/t19-/m0/s1. The summed E-state index contributed by atoms with van der Waals surface area (Å²) >= 11 is 19.0. The highest BCUT2D eigenvalue weighted by Gasteiger charge is 2.29. The van der Waals surface area contributed by atoms with Gasteiger partial charge < -0.3 is 20.6 Å². The first kappa shape index (κ1) is 31.5. The van der Waals surface area contributed by atoms with Crippen molar-refractivity contribution < 1.29 is 27.9 Å². The first-order valence-electron chi connectivity index (χ1n) is 12.0. The first-order valence-corrected chi connectivity index (χ1v) is 15.1. The molecule has 1 atom stereocenters. The van der Waals surface area contributed by atoms with Gasteiger partial charge in [-0.05, 0) is 55.7 Å². The molecular formula is C25H28Cl3N5O6S. The Hall–Kier alpha value is -3.06. The van der Waals surface area contributed by atoms with Crippen LogP contribution in [0.5, 0.6) is 0 Å². The lowest BCUT2D eigenvalue weighted by molar-refractivity contribution is -0.138. The minimum absolute atomic E-state index is 0.0214. The molecule has 0 fully saturated rings. The normalized spacial score (nSPS) is 14.4. The number of guanidine groups is 1. The highest BCUT2D eigenvalue weighted by molar-refractivity contribution is 7.89. The second-order valence-electron chi connectivity index (χ2n) is 9.40. The molecule has 0 spiro atoms. The van der Waals surface area contributed by atoms with Gasteiger partial charge in [0.25, 0.3) is 11.8 Å². The van der Waals surface area contributed by atoms with Crippen molar-refractivity contribution in [3.8, 4) is 0 Å². The number of hydrogen-bond acceptors (Lipinski definition) is 6. The Morgan fingerprint density at radius 2 is 1.82 bits per heavy atom. The van der Waals surface area contributed by atoms with Gasteiger partial charge in [0.1, 0.15) is 6.04 Å². The van der Waals surface area contributed by atoms with Crippen molar-refractivity contribution in [2.24, 2.45) is 4.99 Å². The summed E-state index contributed by atoms with van der Waals surface area (Å²) in [7, 11) is -3.69. The van der Waals surface area contributed by atoms with E-state index >= 15 is 0 Å². The van der Waals surface area contributed by atoms with E-state index in [4.69, 9.17) is 34.8 Å². The maximum absolute atomic E-state index is 13.1. The molecule has 40 heavy (non-hydrogen) atoms. The molecule has 0 radical (unpaired) electrons. The van der Waals surface area contributed by atoms with Crippen LogP contribution in [-0.2, 0) is 27.8 Å². The van der Waals surface area contributed by atoms with Gasteiger partial charge >= 0.3 is 5.97 Å². The van der Waals surface area contributed by atoms with Crippen molar-refractivity contribution in [1.82, 2.24) is 20.3 Å². The first-order chi connectivity index (χ1) is 18.7. The predicted molar refractivity (Wildman–Crippen MR) is 154 cm³/mol. The summed E-state index contributed by atoms with van der Waals surface area (Å²) in [5, 5.41) is 15.3. The number of fused-ring (bicyclic) bond motifs is 1. The number of amides is 2. The number of halogens is 3. The molecule has 1 heterocycles. The van der Waals surface area contributed by atoms with Crippen LogP contribution in [0, 0.1) is 0 Å². The molecule has 15 heteroatoms. The van der Waals surface area contributed by atoms with E-state index in [0.29, 0.717) is 34.7 Å². The van der Waals surface area contributed by atoms with E-state index in [1.807, 2.05) is 0 Å². The van der Waals surface area contributed by atoms with E-state index in [2.05, 4.69) is 20.3 Å². The average Bonchev–Trinajstić information content (AvgIpc) is 2.84. The number of sulfonamides is 1. The van der Waals surface area contributed by atoms with Gasteiger partial charge in [0.05, 0.1) is 28.4 Å². The molecule has 2 aromatic carbocycles. The summed E-state index contributed by atoms with van der Waals surface area (Å²) in [6.45, 7) is 3.52. The Morgan fingerprint density at radius 1 is 1.12 bits per heavy atom. The highest BCUT2D eigenvalue weighted by Crippen LogP contribution is 2.35. The molecule has 0 saturated carbocycles. The van der Waals surface area contributed by atoms with Gasteiger partial charge in [-0.3, -0.25) is 14.3 Å². The van der Waals surface area contributed by atoms with Crippen LogP contribution in [0.3, 0.4) is 0 Å². The predicted octanol–water partition coefficient (Wildman–Crippen LogP) is 2.93. The Kier molecular flexibility index (Phi) is 10.3. The lowest BCUT2D eigenvalue weighted by Crippen LogP contribution is -2.46. The van der Waals surface area contributed by atoms with E-state index in [9.17, 15) is 27.9 Å². The van der Waals surface area contributed by atoms with Crippen molar-refractivity contribution in [1.29, 1.82) is 0 Å². The van der Waals surface area contributed by atoms with Gasteiger partial charge in [-0.25, -0.2) is 18.2 Å². The van der Waals surface area contributed by atoms with E-state index in [1.165, 1.54) is 6.07 Å². The number of nitrogens with zero attached hydrogens (tertiary/aromatic N) is 2. The van der Waals surface area contributed by atoms with Gasteiger partial charge in [-0.2, -0.15) is 0 Å². The average molecular weight is 633 g/mol. The van der Waals surface area contributed by atoms with E-state index < -0.39 is 34.5 Å². The third kappa shape index (κ3) is 8.23. The monoisotopic (exact) mass is 631 g/mol. The maximum atomic E-state index is 13.1. The van der Waals surface area contributed by atoms with Crippen molar-refractivity contribution in [3.05, 3.63) is 67.7 Å². The summed E-state index contributed by atoms with van der Waals surface area (Å²) in [4.78, 5) is 43.6. The van der Waals surface area contributed by atoms with Gasteiger partial charge in [-0.15, -0.1) is 0 Å². The number of hydrogen-bond donors (Lipinski definition) is 4. The fraction of sp³-hybridized carbons (Fsp3) is 0.360. The maximum Gasteiger partial charge on any atom is 0.328 e. The van der Waals surface area contributed by atoms with Gasteiger partial charge in [0, 0.05) is 29.7 Å². The molecule has 4 N–H and O–H groups in total.